The van der Waals surface area contributed by atoms with Crippen molar-refractivity contribution in [3.05, 3.63) is 32.2 Å². The quantitative estimate of drug-likeness (QED) is 0.120. The van der Waals surface area contributed by atoms with Crippen molar-refractivity contribution in [3.8, 4) is 22.3 Å². The van der Waals surface area contributed by atoms with Crippen molar-refractivity contribution >= 4 is 154 Å². The van der Waals surface area contributed by atoms with Gasteiger partial charge in [-0.15, -0.1) is 0 Å². The molecule has 20 heavy (non-hydrogen) atoms. The summed E-state index contributed by atoms with van der Waals surface area (Å²) in [5.74, 6) is 0. The lowest BCUT2D eigenvalue weighted by Gasteiger charge is -2.32. The predicted molar refractivity (Wildman–Crippen MR) is 133 cm³/mol. The molecule has 0 bridgehead atoms. The zero-order chi connectivity index (χ0) is 14.9. The largest absolute Gasteiger partial charge is 0.0484 e. The highest BCUT2D eigenvalue weighted by atomic mass is 127. The van der Waals surface area contributed by atoms with Crippen LogP contribution in [-0.2, 0) is 0 Å². The summed E-state index contributed by atoms with van der Waals surface area (Å²) >= 11 is 24.5. The molecule has 0 aliphatic heterocycles. The van der Waals surface area contributed by atoms with Crippen molar-refractivity contribution in [1.82, 2.24) is 0 Å². The molecule has 0 saturated carbocycles. The molecule has 1 aliphatic rings. The third kappa shape index (κ3) is 2.49. The lowest BCUT2D eigenvalue weighted by molar-refractivity contribution is 1.36. The lowest BCUT2D eigenvalue weighted by Crippen LogP contribution is -2.10. The van der Waals surface area contributed by atoms with Crippen LogP contribution in [0, 0.1) is 14.3 Å². The second-order valence-electron chi connectivity index (χ2n) is 4.01. The van der Waals surface area contributed by atoms with Crippen molar-refractivity contribution in [2.45, 2.75) is 0 Å². The minimum atomic E-state index is 1.14. The number of rotatable bonds is 0. The first-order valence-corrected chi connectivity index (χ1v) is 12.5. The van der Waals surface area contributed by atoms with E-state index in [2.05, 4.69) is 154 Å². The van der Waals surface area contributed by atoms with Gasteiger partial charge in [0.15, 0.2) is 0 Å². The molecular weight excluding hydrogens is 971 g/mol. The topological polar surface area (TPSA) is 0 Å². The van der Waals surface area contributed by atoms with Crippen molar-refractivity contribution in [2.75, 3.05) is 0 Å². The molecule has 0 spiro atoms. The Bertz CT molecular complexity index is 653. The molecule has 0 nitrogen and oxygen atoms in total. The fraction of sp³-hybridized carbons (Fsp3) is 0. The summed E-state index contributed by atoms with van der Waals surface area (Å²) in [5.41, 5.74) is 5.43. The van der Waals surface area contributed by atoms with Gasteiger partial charge in [0.05, 0.1) is 0 Å². The van der Waals surface area contributed by atoms with E-state index < -0.39 is 0 Å². The first-order chi connectivity index (χ1) is 9.29. The minimum absolute atomic E-state index is 1.14. The first kappa shape index (κ1) is 18.1. The van der Waals surface area contributed by atoms with E-state index in [1.54, 1.807) is 0 Å². The summed E-state index contributed by atoms with van der Waals surface area (Å²) in [6.07, 6.45) is 0. The highest BCUT2D eigenvalue weighted by Gasteiger charge is 2.36. The van der Waals surface area contributed by atoms with Crippen LogP contribution in [0.1, 0.15) is 0 Å². The molecule has 2 aromatic carbocycles. The summed E-state index contributed by atoms with van der Waals surface area (Å²) < 4.78 is 9.60. The van der Waals surface area contributed by atoms with Gasteiger partial charge in [-0.05, 0) is 154 Å². The summed E-state index contributed by atoms with van der Waals surface area (Å²) in [5, 5.41) is 0. The van der Waals surface area contributed by atoms with Crippen molar-refractivity contribution < 1.29 is 0 Å². The molecule has 0 unspecified atom stereocenters. The van der Waals surface area contributed by atoms with E-state index >= 15 is 0 Å². The SMILES string of the molecule is Brc1c(Br)c(I)c2c(c1I)-c1c(I)c(Br)c(Br)c(I)c1-2. The maximum absolute atomic E-state index is 3.69. The van der Waals surface area contributed by atoms with E-state index in [9.17, 15) is 0 Å². The summed E-state index contributed by atoms with van der Waals surface area (Å²) in [6.45, 7) is 0. The van der Waals surface area contributed by atoms with E-state index in [0.717, 1.165) is 17.9 Å². The average molecular weight is 971 g/mol. The number of hydrogen-bond acceptors (Lipinski definition) is 0. The van der Waals surface area contributed by atoms with Crippen molar-refractivity contribution in [3.63, 3.8) is 0 Å². The second kappa shape index (κ2) is 6.54. The van der Waals surface area contributed by atoms with Crippen molar-refractivity contribution in [2.24, 2.45) is 0 Å². The van der Waals surface area contributed by atoms with E-state index in [1.165, 1.54) is 36.5 Å². The lowest BCUT2D eigenvalue weighted by atomic mass is 9.81. The molecule has 104 valence electrons. The van der Waals surface area contributed by atoms with Gasteiger partial charge >= 0.3 is 0 Å². The Morgan fingerprint density at radius 2 is 0.550 bits per heavy atom. The highest BCUT2D eigenvalue weighted by molar-refractivity contribution is 14.1. The molecule has 0 N–H and O–H groups in total. The molecule has 1 aliphatic carbocycles. The van der Waals surface area contributed by atoms with Gasteiger partial charge in [0.1, 0.15) is 0 Å². The standard InChI is InChI=1S/C12Br4I4/c13-5-6(14)10(18)2-1(9(5)17)3-4(2)12(20)8(16)7(15)11(3)19. The summed E-state index contributed by atoms with van der Waals surface area (Å²) in [6, 6.07) is 0. The van der Waals surface area contributed by atoms with E-state index in [1.807, 2.05) is 0 Å². The Hall–Kier alpha value is 3.28. The van der Waals surface area contributed by atoms with Gasteiger partial charge in [0.2, 0.25) is 0 Å². The van der Waals surface area contributed by atoms with Crippen LogP contribution in [0.5, 0.6) is 0 Å². The van der Waals surface area contributed by atoms with Gasteiger partial charge in [-0.1, -0.05) is 0 Å². The zero-order valence-electron chi connectivity index (χ0n) is 9.02. The van der Waals surface area contributed by atoms with Gasteiger partial charge in [0.25, 0.3) is 0 Å². The van der Waals surface area contributed by atoms with Gasteiger partial charge in [-0.25, -0.2) is 0 Å². The number of fused-ring (bicyclic) bond motifs is 4. The molecule has 2 aromatic rings. The van der Waals surface area contributed by atoms with Crippen molar-refractivity contribution in [1.29, 1.82) is 0 Å². The normalized spacial score (nSPS) is 12.0. The van der Waals surface area contributed by atoms with Gasteiger partial charge in [0, 0.05) is 54.4 Å². The average Bonchev–Trinajstić information content (AvgIpc) is 2.39. The van der Waals surface area contributed by atoms with Gasteiger partial charge in [-0.3, -0.25) is 0 Å². The molecule has 8 heteroatoms. The molecule has 0 fully saturated rings. The molecule has 0 saturated heterocycles. The molecule has 0 heterocycles. The first-order valence-electron chi connectivity index (χ1n) is 5.01. The maximum atomic E-state index is 3.69. The smallest absolute Gasteiger partial charge is 0.0468 e. The minimum Gasteiger partial charge on any atom is -0.0484 e. The van der Waals surface area contributed by atoms with E-state index in [4.69, 9.17) is 0 Å². The van der Waals surface area contributed by atoms with Crippen LogP contribution in [0.15, 0.2) is 17.9 Å². The fourth-order valence-electron chi connectivity index (χ4n) is 2.14. The van der Waals surface area contributed by atoms with Crippen LogP contribution in [0.2, 0.25) is 0 Å². The summed E-state index contributed by atoms with van der Waals surface area (Å²) in [7, 11) is 0. The van der Waals surface area contributed by atoms with Gasteiger partial charge in [-0.2, -0.15) is 0 Å². The zero-order valence-corrected chi connectivity index (χ0v) is 24.0. The van der Waals surface area contributed by atoms with Crippen LogP contribution in [0.4, 0.5) is 0 Å². The number of benzene rings is 2. The Morgan fingerprint density at radius 1 is 0.400 bits per heavy atom. The molecule has 0 radical (unpaired) electrons. The molecule has 3 rings (SSSR count). The van der Waals surface area contributed by atoms with Crippen LogP contribution < -0.4 is 0 Å². The van der Waals surface area contributed by atoms with Crippen LogP contribution in [0.25, 0.3) is 22.3 Å². The Kier molecular flexibility index (Phi) is 5.91. The Balaban J connectivity index is 2.49. The maximum Gasteiger partial charge on any atom is 0.0468 e. The monoisotopic (exact) mass is 967 g/mol. The van der Waals surface area contributed by atoms with Crippen LogP contribution in [-0.4, -0.2) is 0 Å². The molecule has 0 amide bonds. The Morgan fingerprint density at radius 3 is 0.700 bits per heavy atom. The molecule has 0 atom stereocenters. The third-order valence-electron chi connectivity index (χ3n) is 3.03. The number of halogens is 8. The fourth-order valence-corrected chi connectivity index (χ4v) is 8.44. The van der Waals surface area contributed by atoms with E-state index in [-0.39, 0.29) is 0 Å². The summed E-state index contributed by atoms with van der Waals surface area (Å²) in [4.78, 5) is 0. The predicted octanol–water partition coefficient (Wildman–Crippen LogP) is 8.80. The van der Waals surface area contributed by atoms with Crippen LogP contribution in [0.3, 0.4) is 0 Å². The number of hydrogen-bond donors (Lipinski definition) is 0. The highest BCUT2D eigenvalue weighted by Crippen LogP contribution is 2.60. The van der Waals surface area contributed by atoms with Crippen LogP contribution >= 0.6 is 154 Å². The second-order valence-corrected chi connectivity index (χ2v) is 11.5. The Labute approximate surface area is 204 Å². The van der Waals surface area contributed by atoms with E-state index in [0.29, 0.717) is 0 Å². The molecule has 0 aromatic heterocycles. The van der Waals surface area contributed by atoms with Gasteiger partial charge < -0.3 is 0 Å². The molecular formula is C12Br4I4. The third-order valence-corrected chi connectivity index (χ3v) is 14.6.